The molecule has 0 aromatic carbocycles. The second-order valence-corrected chi connectivity index (χ2v) is 4.12. The number of amides is 1. The zero-order valence-corrected chi connectivity index (χ0v) is 10.4. The number of hydrogen-bond acceptors (Lipinski definition) is 2. The van der Waals surface area contributed by atoms with E-state index in [4.69, 9.17) is 11.6 Å². The first-order valence-electron chi connectivity index (χ1n) is 5.46. The van der Waals surface area contributed by atoms with Gasteiger partial charge in [-0.2, -0.15) is 0 Å². The van der Waals surface area contributed by atoms with Crippen molar-refractivity contribution in [2.24, 2.45) is 0 Å². The fraction of sp³-hybridized carbons (Fsp3) is 0.500. The Morgan fingerprint density at radius 2 is 2.38 bits per heavy atom. The number of hydrogen-bond donors (Lipinski definition) is 1. The van der Waals surface area contributed by atoms with Crippen molar-refractivity contribution in [3.05, 3.63) is 29.6 Å². The summed E-state index contributed by atoms with van der Waals surface area (Å²) in [5.41, 5.74) is 1.50. The highest BCUT2D eigenvalue weighted by molar-refractivity contribution is 6.17. The van der Waals surface area contributed by atoms with Crippen molar-refractivity contribution in [3.8, 4) is 0 Å². The molecule has 3 nitrogen and oxygen atoms in total. The smallest absolute Gasteiger partial charge is 0.251 e. The number of rotatable bonds is 5. The molecule has 1 N–H and O–H groups in total. The summed E-state index contributed by atoms with van der Waals surface area (Å²) in [5, 5.41) is 2.96. The predicted molar refractivity (Wildman–Crippen MR) is 65.9 cm³/mol. The Morgan fingerprint density at radius 3 is 2.94 bits per heavy atom. The van der Waals surface area contributed by atoms with Gasteiger partial charge in [-0.05, 0) is 31.9 Å². The van der Waals surface area contributed by atoms with Crippen molar-refractivity contribution in [2.45, 2.75) is 32.7 Å². The highest BCUT2D eigenvalue weighted by atomic mass is 35.5. The number of nitrogens with one attached hydrogen (secondary N) is 1. The Hall–Kier alpha value is -1.09. The normalized spacial score (nSPS) is 12.2. The third-order valence-corrected chi connectivity index (χ3v) is 2.66. The minimum absolute atomic E-state index is 0.0533. The van der Waals surface area contributed by atoms with Crippen molar-refractivity contribution in [2.75, 3.05) is 5.88 Å². The fourth-order valence-electron chi connectivity index (χ4n) is 1.47. The van der Waals surface area contributed by atoms with Gasteiger partial charge in [0.2, 0.25) is 0 Å². The number of pyridine rings is 1. The number of aromatic nitrogens is 1. The zero-order valence-electron chi connectivity index (χ0n) is 9.66. The number of carbonyl (C=O) groups excluding carboxylic acids is 1. The van der Waals surface area contributed by atoms with Crippen molar-refractivity contribution < 1.29 is 4.79 Å². The Bertz CT molecular complexity index is 355. The molecule has 0 spiro atoms. The van der Waals surface area contributed by atoms with Gasteiger partial charge in [-0.1, -0.05) is 6.92 Å². The van der Waals surface area contributed by atoms with Crippen molar-refractivity contribution >= 4 is 17.5 Å². The largest absolute Gasteiger partial charge is 0.349 e. The molecule has 0 aliphatic rings. The second-order valence-electron chi connectivity index (χ2n) is 3.74. The third-order valence-electron chi connectivity index (χ3n) is 2.44. The van der Waals surface area contributed by atoms with Crippen LogP contribution < -0.4 is 5.32 Å². The van der Waals surface area contributed by atoms with Crippen molar-refractivity contribution in [3.63, 3.8) is 0 Å². The Labute approximate surface area is 101 Å². The van der Waals surface area contributed by atoms with Gasteiger partial charge in [0.1, 0.15) is 0 Å². The first-order valence-corrected chi connectivity index (χ1v) is 6.00. The minimum Gasteiger partial charge on any atom is -0.349 e. The molecule has 0 fully saturated rings. The van der Waals surface area contributed by atoms with Gasteiger partial charge >= 0.3 is 0 Å². The van der Waals surface area contributed by atoms with E-state index in [0.717, 1.165) is 18.5 Å². The van der Waals surface area contributed by atoms with E-state index >= 15 is 0 Å². The molecule has 0 saturated heterocycles. The first-order chi connectivity index (χ1) is 7.67. The van der Waals surface area contributed by atoms with E-state index < -0.39 is 0 Å². The number of alkyl halides is 1. The Balaban J connectivity index is 2.64. The molecular formula is C12H17ClN2O. The Morgan fingerprint density at radius 1 is 1.62 bits per heavy atom. The quantitative estimate of drug-likeness (QED) is 0.804. The van der Waals surface area contributed by atoms with Gasteiger partial charge in [-0.15, -0.1) is 11.6 Å². The van der Waals surface area contributed by atoms with Crippen LogP contribution in [0.3, 0.4) is 0 Å². The number of aryl methyl sites for hydroxylation is 1. The lowest BCUT2D eigenvalue weighted by molar-refractivity contribution is 0.0935. The van der Waals surface area contributed by atoms with E-state index in [2.05, 4.69) is 10.3 Å². The fourth-order valence-corrected chi connectivity index (χ4v) is 1.73. The molecule has 1 amide bonds. The molecule has 4 heteroatoms. The SMILES string of the molecule is CCC(CCCl)NC(=O)c1ccnc(C)c1. The third kappa shape index (κ3) is 3.81. The van der Waals surface area contributed by atoms with Crippen LogP contribution in [0.4, 0.5) is 0 Å². The van der Waals surface area contributed by atoms with Gasteiger partial charge in [0.15, 0.2) is 0 Å². The topological polar surface area (TPSA) is 42.0 Å². The van der Waals surface area contributed by atoms with Crippen LogP contribution in [0.15, 0.2) is 18.3 Å². The summed E-state index contributed by atoms with van der Waals surface area (Å²) < 4.78 is 0. The monoisotopic (exact) mass is 240 g/mol. The van der Waals surface area contributed by atoms with E-state index in [9.17, 15) is 4.79 Å². The molecule has 0 saturated carbocycles. The highest BCUT2D eigenvalue weighted by Gasteiger charge is 2.11. The maximum atomic E-state index is 11.9. The van der Waals surface area contributed by atoms with Gasteiger partial charge in [-0.3, -0.25) is 9.78 Å². The van der Waals surface area contributed by atoms with Crippen LogP contribution in [0.25, 0.3) is 0 Å². The molecule has 0 aliphatic heterocycles. The summed E-state index contributed by atoms with van der Waals surface area (Å²) in [6.45, 7) is 3.90. The minimum atomic E-state index is -0.0533. The summed E-state index contributed by atoms with van der Waals surface area (Å²) in [4.78, 5) is 15.9. The van der Waals surface area contributed by atoms with Crippen molar-refractivity contribution in [1.82, 2.24) is 10.3 Å². The van der Waals surface area contributed by atoms with Gasteiger partial charge in [0, 0.05) is 29.4 Å². The lowest BCUT2D eigenvalue weighted by Gasteiger charge is -2.15. The number of halogens is 1. The summed E-state index contributed by atoms with van der Waals surface area (Å²) in [6, 6.07) is 3.65. The van der Waals surface area contributed by atoms with Gasteiger partial charge in [0.25, 0.3) is 5.91 Å². The molecule has 1 unspecified atom stereocenters. The average Bonchev–Trinajstić information content (AvgIpc) is 2.28. The molecule has 1 aromatic rings. The second kappa shape index (κ2) is 6.48. The molecule has 16 heavy (non-hydrogen) atoms. The molecular weight excluding hydrogens is 224 g/mol. The molecule has 1 rings (SSSR count). The van der Waals surface area contributed by atoms with Crippen LogP contribution in [0.1, 0.15) is 35.8 Å². The van der Waals surface area contributed by atoms with Gasteiger partial charge < -0.3 is 5.32 Å². The van der Waals surface area contributed by atoms with Crippen LogP contribution in [-0.2, 0) is 0 Å². The average molecular weight is 241 g/mol. The standard InChI is InChI=1S/C12H17ClN2O/c1-3-11(4-6-13)15-12(16)10-5-7-14-9(2)8-10/h5,7-8,11H,3-4,6H2,1-2H3,(H,15,16). The van der Waals surface area contributed by atoms with E-state index in [1.807, 2.05) is 13.8 Å². The Kier molecular flexibility index (Phi) is 5.26. The van der Waals surface area contributed by atoms with Crippen molar-refractivity contribution in [1.29, 1.82) is 0 Å². The molecule has 0 radical (unpaired) electrons. The van der Waals surface area contributed by atoms with Crippen LogP contribution in [0.2, 0.25) is 0 Å². The van der Waals surface area contributed by atoms with E-state index in [1.54, 1.807) is 18.3 Å². The van der Waals surface area contributed by atoms with E-state index in [-0.39, 0.29) is 11.9 Å². The van der Waals surface area contributed by atoms with Gasteiger partial charge in [-0.25, -0.2) is 0 Å². The van der Waals surface area contributed by atoms with Crippen LogP contribution >= 0.6 is 11.6 Å². The molecule has 0 bridgehead atoms. The number of nitrogens with zero attached hydrogens (tertiary/aromatic N) is 1. The lowest BCUT2D eigenvalue weighted by Crippen LogP contribution is -2.34. The summed E-state index contributed by atoms with van der Waals surface area (Å²) in [5.74, 6) is 0.510. The van der Waals surface area contributed by atoms with Crippen LogP contribution in [0.5, 0.6) is 0 Å². The summed E-state index contributed by atoms with van der Waals surface area (Å²) >= 11 is 5.67. The highest BCUT2D eigenvalue weighted by Crippen LogP contribution is 2.04. The molecule has 1 aromatic heterocycles. The molecule has 1 heterocycles. The zero-order chi connectivity index (χ0) is 12.0. The molecule has 1 atom stereocenters. The maximum Gasteiger partial charge on any atom is 0.251 e. The van der Waals surface area contributed by atoms with Crippen LogP contribution in [0, 0.1) is 6.92 Å². The maximum absolute atomic E-state index is 11.9. The number of carbonyl (C=O) groups is 1. The van der Waals surface area contributed by atoms with E-state index in [0.29, 0.717) is 11.4 Å². The predicted octanol–water partition coefficient (Wildman–Crippen LogP) is 2.53. The summed E-state index contributed by atoms with van der Waals surface area (Å²) in [6.07, 6.45) is 3.34. The van der Waals surface area contributed by atoms with E-state index in [1.165, 1.54) is 0 Å². The van der Waals surface area contributed by atoms with Crippen LogP contribution in [-0.4, -0.2) is 22.8 Å². The first kappa shape index (κ1) is 13.0. The molecule has 88 valence electrons. The lowest BCUT2D eigenvalue weighted by atomic mass is 10.1. The molecule has 0 aliphatic carbocycles. The summed E-state index contributed by atoms with van der Waals surface area (Å²) in [7, 11) is 0. The van der Waals surface area contributed by atoms with Gasteiger partial charge in [0.05, 0.1) is 0 Å².